The normalized spacial score (nSPS) is 11.9. The molecule has 1 unspecified atom stereocenters. The fourth-order valence-corrected chi connectivity index (χ4v) is 6.10. The van der Waals surface area contributed by atoms with E-state index < -0.39 is 28.5 Å². The van der Waals surface area contributed by atoms with E-state index in [1.54, 1.807) is 24.3 Å². The highest BCUT2D eigenvalue weighted by atomic mass is 35.5. The number of nitrogens with zero attached hydrogens (tertiary/aromatic N) is 2. The topological polar surface area (TPSA) is 96.0 Å². The highest BCUT2D eigenvalue weighted by Gasteiger charge is 2.33. The van der Waals surface area contributed by atoms with Crippen LogP contribution in [0.15, 0.2) is 77.7 Å². The van der Waals surface area contributed by atoms with Crippen molar-refractivity contribution in [2.45, 2.75) is 51.0 Å². The Hall–Kier alpha value is -3.56. The van der Waals surface area contributed by atoms with Gasteiger partial charge in [0.2, 0.25) is 11.8 Å². The van der Waals surface area contributed by atoms with Crippen LogP contribution < -0.4 is 14.4 Å². The summed E-state index contributed by atoms with van der Waals surface area (Å²) in [5.41, 5.74) is 2.10. The zero-order valence-corrected chi connectivity index (χ0v) is 25.5. The lowest BCUT2D eigenvalue weighted by Gasteiger charge is -2.33. The van der Waals surface area contributed by atoms with Gasteiger partial charge >= 0.3 is 0 Å². The van der Waals surface area contributed by atoms with Gasteiger partial charge in [0.05, 0.1) is 22.7 Å². The summed E-state index contributed by atoms with van der Waals surface area (Å²) >= 11 is 6.38. The molecule has 8 nitrogen and oxygen atoms in total. The number of nitrogens with one attached hydrogen (secondary N) is 1. The van der Waals surface area contributed by atoms with Crippen molar-refractivity contribution in [3.05, 3.63) is 88.9 Å². The van der Waals surface area contributed by atoms with Gasteiger partial charge in [-0.2, -0.15) is 0 Å². The Kier molecular flexibility index (Phi) is 11.6. The number of sulfonamides is 1. The Balaban J connectivity index is 2.03. The average molecular weight is 600 g/mol. The third-order valence-corrected chi connectivity index (χ3v) is 8.81. The molecule has 220 valence electrons. The lowest BCUT2D eigenvalue weighted by molar-refractivity contribution is -0.139. The fraction of sp³-hybridized carbons (Fsp3) is 0.355. The molecule has 0 aromatic heterocycles. The van der Waals surface area contributed by atoms with Crippen LogP contribution in [-0.2, 0) is 26.0 Å². The number of carbonyl (C=O) groups excluding carboxylic acids is 2. The highest BCUT2D eigenvalue weighted by molar-refractivity contribution is 7.92. The number of anilines is 1. The van der Waals surface area contributed by atoms with Crippen molar-refractivity contribution in [2.24, 2.45) is 0 Å². The minimum atomic E-state index is -4.18. The molecule has 41 heavy (non-hydrogen) atoms. The third-order valence-electron chi connectivity index (χ3n) is 6.73. The van der Waals surface area contributed by atoms with E-state index in [2.05, 4.69) is 5.32 Å². The summed E-state index contributed by atoms with van der Waals surface area (Å²) in [7, 11) is -2.72. The monoisotopic (exact) mass is 599 g/mol. The smallest absolute Gasteiger partial charge is 0.264 e. The van der Waals surface area contributed by atoms with Crippen molar-refractivity contribution in [1.29, 1.82) is 0 Å². The molecule has 0 radical (unpaired) electrons. The molecule has 0 saturated carbocycles. The summed E-state index contributed by atoms with van der Waals surface area (Å²) in [4.78, 5) is 28.7. The molecule has 0 aliphatic rings. The maximum absolute atomic E-state index is 14.0. The molecule has 1 atom stereocenters. The van der Waals surface area contributed by atoms with Gasteiger partial charge in [0.1, 0.15) is 18.3 Å². The Bertz CT molecular complexity index is 1420. The second-order valence-electron chi connectivity index (χ2n) is 9.68. The number of hydrogen-bond donors (Lipinski definition) is 1. The van der Waals surface area contributed by atoms with E-state index in [4.69, 9.17) is 16.3 Å². The van der Waals surface area contributed by atoms with Gasteiger partial charge in [0.25, 0.3) is 10.0 Å². The average Bonchev–Trinajstić information content (AvgIpc) is 2.97. The first kappa shape index (κ1) is 32.0. The number of hydrogen-bond acceptors (Lipinski definition) is 5. The first-order chi connectivity index (χ1) is 19.6. The lowest BCUT2D eigenvalue weighted by Crippen LogP contribution is -2.53. The molecule has 1 N–H and O–H groups in total. The van der Waals surface area contributed by atoms with Crippen LogP contribution in [0.1, 0.15) is 37.8 Å². The quantitative estimate of drug-likeness (QED) is 0.274. The van der Waals surface area contributed by atoms with Crippen molar-refractivity contribution in [2.75, 3.05) is 31.0 Å². The number of rotatable bonds is 14. The first-order valence-electron chi connectivity index (χ1n) is 13.7. The number of methoxy groups -OCH3 is 1. The molecule has 0 saturated heterocycles. The van der Waals surface area contributed by atoms with E-state index in [1.165, 1.54) is 30.2 Å². The molecule has 3 aromatic carbocycles. The summed E-state index contributed by atoms with van der Waals surface area (Å²) in [5, 5.41) is 3.09. The molecule has 0 bridgehead atoms. The van der Waals surface area contributed by atoms with E-state index in [-0.39, 0.29) is 28.1 Å². The molecule has 0 aliphatic heterocycles. The van der Waals surface area contributed by atoms with Crippen molar-refractivity contribution < 1.29 is 22.7 Å². The van der Waals surface area contributed by atoms with Gasteiger partial charge < -0.3 is 15.0 Å². The highest BCUT2D eigenvalue weighted by Crippen LogP contribution is 2.32. The van der Waals surface area contributed by atoms with Crippen LogP contribution in [0.5, 0.6) is 5.75 Å². The zero-order chi connectivity index (χ0) is 30.0. The van der Waals surface area contributed by atoms with Crippen LogP contribution in [0.2, 0.25) is 5.02 Å². The maximum Gasteiger partial charge on any atom is 0.264 e. The molecule has 2 amide bonds. The van der Waals surface area contributed by atoms with Gasteiger partial charge in [0, 0.05) is 13.1 Å². The van der Waals surface area contributed by atoms with Gasteiger partial charge in [-0.25, -0.2) is 8.42 Å². The molecular formula is C31H38ClN3O5S. The first-order valence-corrected chi connectivity index (χ1v) is 15.5. The minimum absolute atomic E-state index is 0.0337. The van der Waals surface area contributed by atoms with Crippen LogP contribution in [-0.4, -0.2) is 57.9 Å². The molecule has 0 fully saturated rings. The van der Waals surface area contributed by atoms with E-state index in [1.807, 2.05) is 51.1 Å². The molecule has 10 heteroatoms. The Labute approximate surface area is 248 Å². The van der Waals surface area contributed by atoms with Crippen LogP contribution >= 0.6 is 11.6 Å². The predicted molar refractivity (Wildman–Crippen MR) is 163 cm³/mol. The van der Waals surface area contributed by atoms with E-state index in [9.17, 15) is 18.0 Å². The minimum Gasteiger partial charge on any atom is -0.495 e. The van der Waals surface area contributed by atoms with Crippen LogP contribution in [0.25, 0.3) is 0 Å². The van der Waals surface area contributed by atoms with Gasteiger partial charge in [-0.1, -0.05) is 73.5 Å². The number of aryl methyl sites for hydroxylation is 1. The number of amides is 2. The third kappa shape index (κ3) is 8.24. The summed E-state index contributed by atoms with van der Waals surface area (Å²) in [6.45, 7) is 5.85. The Morgan fingerprint density at radius 2 is 1.68 bits per heavy atom. The second kappa shape index (κ2) is 14.9. The molecule has 0 spiro atoms. The van der Waals surface area contributed by atoms with Crippen LogP contribution in [0.4, 0.5) is 5.69 Å². The number of benzene rings is 3. The Morgan fingerprint density at radius 3 is 2.27 bits per heavy atom. The van der Waals surface area contributed by atoms with Crippen LogP contribution in [0, 0.1) is 6.92 Å². The summed E-state index contributed by atoms with van der Waals surface area (Å²) in [6, 6.07) is 19.8. The van der Waals surface area contributed by atoms with Gasteiger partial charge in [-0.3, -0.25) is 13.9 Å². The predicted octanol–water partition coefficient (Wildman–Crippen LogP) is 5.23. The van der Waals surface area contributed by atoms with Gasteiger partial charge in [-0.15, -0.1) is 0 Å². The van der Waals surface area contributed by atoms with E-state index in [0.29, 0.717) is 25.1 Å². The summed E-state index contributed by atoms with van der Waals surface area (Å²) < 4.78 is 34.2. The largest absolute Gasteiger partial charge is 0.495 e. The Morgan fingerprint density at radius 1 is 1.00 bits per heavy atom. The standard InChI is InChI=1S/C31H38ClN3O5S/c1-5-19-33-31(37)28(6-2)34(20-18-24-10-8-7-9-11-24)30(36)22-35(25-14-17-29(40-4)27(32)21-25)41(38,39)26-15-12-23(3)13-16-26/h7-17,21,28H,5-6,18-20,22H2,1-4H3,(H,33,37). The van der Waals surface area contributed by atoms with Crippen molar-refractivity contribution in [1.82, 2.24) is 10.2 Å². The molecule has 0 aliphatic carbocycles. The van der Waals surface area contributed by atoms with Crippen molar-refractivity contribution in [3.8, 4) is 5.75 Å². The van der Waals surface area contributed by atoms with E-state index in [0.717, 1.165) is 21.9 Å². The molecule has 3 aromatic rings. The van der Waals surface area contributed by atoms with Crippen molar-refractivity contribution in [3.63, 3.8) is 0 Å². The van der Waals surface area contributed by atoms with Gasteiger partial charge in [-0.05, 0) is 62.1 Å². The van der Waals surface area contributed by atoms with Crippen LogP contribution in [0.3, 0.4) is 0 Å². The summed E-state index contributed by atoms with van der Waals surface area (Å²) in [6.07, 6.45) is 1.62. The van der Waals surface area contributed by atoms with Gasteiger partial charge in [0.15, 0.2) is 0 Å². The summed E-state index contributed by atoms with van der Waals surface area (Å²) in [5.74, 6) is -0.393. The zero-order valence-electron chi connectivity index (χ0n) is 24.0. The maximum atomic E-state index is 14.0. The number of halogens is 1. The molecule has 0 heterocycles. The second-order valence-corrected chi connectivity index (χ2v) is 12.0. The number of ether oxygens (including phenoxy) is 1. The molecule has 3 rings (SSSR count). The SMILES string of the molecule is CCCNC(=O)C(CC)N(CCc1ccccc1)C(=O)CN(c1ccc(OC)c(Cl)c1)S(=O)(=O)c1ccc(C)cc1. The number of carbonyl (C=O) groups is 2. The molecular weight excluding hydrogens is 562 g/mol. The van der Waals surface area contributed by atoms with E-state index >= 15 is 0 Å². The lowest BCUT2D eigenvalue weighted by atomic mass is 10.1. The fourth-order valence-electron chi connectivity index (χ4n) is 4.44. The van der Waals surface area contributed by atoms with Crippen molar-refractivity contribution >= 4 is 39.1 Å².